The van der Waals surface area contributed by atoms with Crippen LogP contribution in [0.2, 0.25) is 0 Å². The van der Waals surface area contributed by atoms with Crippen LogP contribution in [0.1, 0.15) is 41.7 Å². The average Bonchev–Trinajstić information content (AvgIpc) is 3.14. The molecule has 0 bridgehead atoms. The number of amides is 1. The molecule has 0 saturated heterocycles. The summed E-state index contributed by atoms with van der Waals surface area (Å²) in [7, 11) is 0. The minimum absolute atomic E-state index is 0.354. The van der Waals surface area contributed by atoms with Crippen LogP contribution in [0.4, 0.5) is 10.6 Å². The maximum atomic E-state index is 11.4. The number of carbonyl (C=O) groups excluding carboxylic acids is 1. The second kappa shape index (κ2) is 9.45. The van der Waals surface area contributed by atoms with E-state index in [-0.39, 0.29) is 5.97 Å². The maximum absolute atomic E-state index is 11.4. The minimum Gasteiger partial charge on any atom is -0.465 e. The fraction of sp³-hybridized carbons (Fsp3) is 0.400. The predicted molar refractivity (Wildman–Crippen MR) is 108 cm³/mol. The zero-order valence-electron chi connectivity index (χ0n) is 15.8. The van der Waals surface area contributed by atoms with Crippen LogP contribution in [0.3, 0.4) is 0 Å². The summed E-state index contributed by atoms with van der Waals surface area (Å²) in [6.45, 7) is 2.62. The number of pyridine rings is 1. The van der Waals surface area contributed by atoms with Crippen molar-refractivity contribution < 1.29 is 19.4 Å². The van der Waals surface area contributed by atoms with Crippen molar-refractivity contribution in [3.63, 3.8) is 0 Å². The highest BCUT2D eigenvalue weighted by Crippen LogP contribution is 2.26. The molecule has 1 amide bonds. The molecule has 8 heteroatoms. The Kier molecular flexibility index (Phi) is 6.76. The van der Waals surface area contributed by atoms with Crippen molar-refractivity contribution in [2.24, 2.45) is 0 Å². The Morgan fingerprint density at radius 1 is 1.29 bits per heavy atom. The molecule has 0 aromatic carbocycles. The van der Waals surface area contributed by atoms with E-state index in [1.165, 1.54) is 22.3 Å². The highest BCUT2D eigenvalue weighted by Gasteiger charge is 2.23. The molecule has 0 aliphatic carbocycles. The van der Waals surface area contributed by atoms with E-state index in [9.17, 15) is 14.7 Å². The average molecular weight is 401 g/mol. The second-order valence-corrected chi connectivity index (χ2v) is 7.33. The summed E-state index contributed by atoms with van der Waals surface area (Å²) in [5.41, 5.74) is 2.86. The van der Waals surface area contributed by atoms with Crippen LogP contribution in [0.5, 0.6) is 0 Å². The summed E-state index contributed by atoms with van der Waals surface area (Å²) in [4.78, 5) is 33.2. The number of thiazole rings is 1. The molecule has 0 saturated carbocycles. The molecule has 2 aromatic heterocycles. The molecule has 1 N–H and O–H groups in total. The van der Waals surface area contributed by atoms with Gasteiger partial charge in [-0.1, -0.05) is 6.07 Å². The van der Waals surface area contributed by atoms with Gasteiger partial charge in [0.05, 0.1) is 12.3 Å². The van der Waals surface area contributed by atoms with E-state index in [2.05, 4.69) is 9.97 Å². The Hall–Kier alpha value is -2.74. The standard InChI is InChI=1S/C20H23N3O4S/c1-2-27-18(24)11-10-17-21-16(13-28-17)7-3-6-15-9-8-14-5-4-12-23(20(25)26)19(14)22-15/h8-11,13H,2-7,12H2,1H3,(H,25,26)/b11-10+. The lowest BCUT2D eigenvalue weighted by atomic mass is 10.0. The molecule has 0 atom stereocenters. The molecule has 2 aromatic rings. The Morgan fingerprint density at radius 2 is 2.11 bits per heavy atom. The monoisotopic (exact) mass is 401 g/mol. The van der Waals surface area contributed by atoms with Gasteiger partial charge in [0.1, 0.15) is 10.8 Å². The van der Waals surface area contributed by atoms with E-state index in [1.54, 1.807) is 13.0 Å². The van der Waals surface area contributed by atoms with Crippen molar-refractivity contribution >= 4 is 35.3 Å². The van der Waals surface area contributed by atoms with Crippen LogP contribution in [0.25, 0.3) is 6.08 Å². The van der Waals surface area contributed by atoms with E-state index >= 15 is 0 Å². The first kappa shape index (κ1) is 20.0. The number of hydrogen-bond acceptors (Lipinski definition) is 6. The normalized spacial score (nSPS) is 13.5. The first-order chi connectivity index (χ1) is 13.6. The van der Waals surface area contributed by atoms with Crippen molar-refractivity contribution in [3.8, 4) is 0 Å². The smallest absolute Gasteiger partial charge is 0.413 e. The van der Waals surface area contributed by atoms with Crippen LogP contribution >= 0.6 is 11.3 Å². The Bertz CT molecular complexity index is 878. The number of nitrogens with zero attached hydrogens (tertiary/aromatic N) is 3. The van der Waals surface area contributed by atoms with Crippen molar-refractivity contribution in [3.05, 3.63) is 45.5 Å². The van der Waals surface area contributed by atoms with Gasteiger partial charge in [-0.25, -0.2) is 19.6 Å². The fourth-order valence-corrected chi connectivity index (χ4v) is 3.84. The van der Waals surface area contributed by atoms with Crippen molar-refractivity contribution in [2.75, 3.05) is 18.1 Å². The zero-order valence-corrected chi connectivity index (χ0v) is 16.6. The number of rotatable bonds is 7. The summed E-state index contributed by atoms with van der Waals surface area (Å²) < 4.78 is 4.85. The van der Waals surface area contributed by atoms with Gasteiger partial charge in [-0.2, -0.15) is 0 Å². The highest BCUT2D eigenvalue weighted by molar-refractivity contribution is 7.10. The molecule has 1 aliphatic rings. The van der Waals surface area contributed by atoms with E-state index in [4.69, 9.17) is 4.74 Å². The topological polar surface area (TPSA) is 92.6 Å². The summed E-state index contributed by atoms with van der Waals surface area (Å²) in [6, 6.07) is 3.98. The van der Waals surface area contributed by atoms with E-state index in [1.807, 2.05) is 17.5 Å². The quantitative estimate of drug-likeness (QED) is 0.561. The maximum Gasteiger partial charge on any atom is 0.413 e. The summed E-state index contributed by atoms with van der Waals surface area (Å²) in [5.74, 6) is 0.212. The lowest BCUT2D eigenvalue weighted by Crippen LogP contribution is -2.35. The van der Waals surface area contributed by atoms with Gasteiger partial charge in [0, 0.05) is 23.7 Å². The molecule has 7 nitrogen and oxygen atoms in total. The van der Waals surface area contributed by atoms with Gasteiger partial charge in [-0.15, -0.1) is 11.3 Å². The number of anilines is 1. The fourth-order valence-electron chi connectivity index (χ4n) is 3.10. The molecule has 0 fully saturated rings. The van der Waals surface area contributed by atoms with Gasteiger partial charge in [-0.05, 0) is 56.7 Å². The number of carboxylic acid groups (broad SMARTS) is 1. The number of aryl methyl sites for hydroxylation is 3. The minimum atomic E-state index is -0.948. The third kappa shape index (κ3) is 5.16. The van der Waals surface area contributed by atoms with Gasteiger partial charge in [0.25, 0.3) is 0 Å². The molecule has 3 rings (SSSR count). The van der Waals surface area contributed by atoms with E-state index in [0.29, 0.717) is 19.0 Å². The number of carbonyl (C=O) groups is 2. The van der Waals surface area contributed by atoms with Crippen LogP contribution in [0, 0.1) is 0 Å². The summed E-state index contributed by atoms with van der Waals surface area (Å²) in [5, 5.41) is 12.1. The third-order valence-corrected chi connectivity index (χ3v) is 5.27. The molecule has 3 heterocycles. The van der Waals surface area contributed by atoms with Crippen LogP contribution in [-0.4, -0.2) is 40.3 Å². The predicted octanol–water partition coefficient (Wildman–Crippen LogP) is 3.72. The summed E-state index contributed by atoms with van der Waals surface area (Å²) >= 11 is 1.48. The third-order valence-electron chi connectivity index (χ3n) is 4.41. The van der Waals surface area contributed by atoms with E-state index in [0.717, 1.165) is 54.1 Å². The molecule has 0 radical (unpaired) electrons. The van der Waals surface area contributed by atoms with E-state index < -0.39 is 6.09 Å². The molecule has 28 heavy (non-hydrogen) atoms. The Labute approximate surface area is 167 Å². The van der Waals surface area contributed by atoms with Gasteiger partial charge >= 0.3 is 12.1 Å². The lowest BCUT2D eigenvalue weighted by molar-refractivity contribution is -0.137. The van der Waals surface area contributed by atoms with Crippen LogP contribution in [0.15, 0.2) is 23.6 Å². The lowest BCUT2D eigenvalue weighted by Gasteiger charge is -2.26. The highest BCUT2D eigenvalue weighted by atomic mass is 32.1. The number of ether oxygens (including phenoxy) is 1. The molecule has 0 unspecified atom stereocenters. The zero-order chi connectivity index (χ0) is 19.9. The molecule has 1 aliphatic heterocycles. The largest absolute Gasteiger partial charge is 0.465 e. The van der Waals surface area contributed by atoms with Gasteiger partial charge in [-0.3, -0.25) is 4.90 Å². The van der Waals surface area contributed by atoms with Crippen molar-refractivity contribution in [1.29, 1.82) is 0 Å². The SMILES string of the molecule is CCOC(=O)/C=C/c1nc(CCCc2ccc3c(n2)N(C(=O)O)CCC3)cs1. The molecule has 148 valence electrons. The number of fused-ring (bicyclic) bond motifs is 1. The van der Waals surface area contributed by atoms with Gasteiger partial charge < -0.3 is 9.84 Å². The first-order valence-electron chi connectivity index (χ1n) is 9.35. The number of hydrogen-bond donors (Lipinski definition) is 1. The first-order valence-corrected chi connectivity index (χ1v) is 10.2. The molecule has 0 spiro atoms. The summed E-state index contributed by atoms with van der Waals surface area (Å²) in [6.07, 6.45) is 6.22. The Morgan fingerprint density at radius 3 is 2.89 bits per heavy atom. The second-order valence-electron chi connectivity index (χ2n) is 6.44. The van der Waals surface area contributed by atoms with Crippen LogP contribution < -0.4 is 4.90 Å². The number of esters is 1. The van der Waals surface area contributed by atoms with Gasteiger partial charge in [0.2, 0.25) is 0 Å². The van der Waals surface area contributed by atoms with Crippen LogP contribution in [-0.2, 0) is 28.8 Å². The Balaban J connectivity index is 1.55. The van der Waals surface area contributed by atoms with Gasteiger partial charge in [0.15, 0.2) is 0 Å². The molecular weight excluding hydrogens is 378 g/mol. The van der Waals surface area contributed by atoms with Crippen molar-refractivity contribution in [1.82, 2.24) is 9.97 Å². The number of aromatic nitrogens is 2. The van der Waals surface area contributed by atoms with Crippen molar-refractivity contribution in [2.45, 2.75) is 39.0 Å². The molecular formula is C20H23N3O4S.